The van der Waals surface area contributed by atoms with E-state index in [4.69, 9.17) is 0 Å². The van der Waals surface area contributed by atoms with Gasteiger partial charge in [-0.3, -0.25) is 19.1 Å². The van der Waals surface area contributed by atoms with E-state index >= 15 is 0 Å². The number of anilines is 1. The van der Waals surface area contributed by atoms with E-state index in [0.717, 1.165) is 12.4 Å². The second-order valence-corrected chi connectivity index (χ2v) is 5.15. The Kier molecular flexibility index (Phi) is 4.40. The lowest BCUT2D eigenvalue weighted by Crippen LogP contribution is -2.47. The van der Waals surface area contributed by atoms with Gasteiger partial charge in [-0.2, -0.15) is 5.10 Å². The third-order valence-electron chi connectivity index (χ3n) is 3.67. The molecule has 0 spiro atoms. The Morgan fingerprint density at radius 3 is 2.67 bits per heavy atom. The van der Waals surface area contributed by atoms with Crippen LogP contribution < -0.4 is 4.90 Å². The molecule has 0 aromatic carbocycles. The summed E-state index contributed by atoms with van der Waals surface area (Å²) < 4.78 is 1.70. The average Bonchev–Trinajstić information content (AvgIpc) is 2.84. The standard InChI is InChI=1S/C14H20N4O3/c1-4-17-9-18(7-5-6-12(20)10(2)19)14(21)11-8-15-16(3)13(11)17/h8H,4-7,9H2,1-3H3. The minimum Gasteiger partial charge on any atom is -0.339 e. The van der Waals surface area contributed by atoms with Gasteiger partial charge in [0.15, 0.2) is 11.6 Å². The zero-order valence-electron chi connectivity index (χ0n) is 12.6. The summed E-state index contributed by atoms with van der Waals surface area (Å²) in [7, 11) is 1.82. The van der Waals surface area contributed by atoms with Crippen LogP contribution in [-0.2, 0) is 16.6 Å². The van der Waals surface area contributed by atoms with Gasteiger partial charge in [-0.1, -0.05) is 0 Å². The molecule has 0 saturated carbocycles. The van der Waals surface area contributed by atoms with Crippen LogP contribution in [0, 0.1) is 0 Å². The maximum Gasteiger partial charge on any atom is 0.260 e. The van der Waals surface area contributed by atoms with Gasteiger partial charge in [0.25, 0.3) is 5.91 Å². The zero-order chi connectivity index (χ0) is 15.6. The lowest BCUT2D eigenvalue weighted by molar-refractivity contribution is -0.135. The molecule has 2 heterocycles. The first-order valence-corrected chi connectivity index (χ1v) is 7.05. The molecule has 1 aromatic heterocycles. The van der Waals surface area contributed by atoms with Gasteiger partial charge in [0.05, 0.1) is 12.9 Å². The van der Waals surface area contributed by atoms with Crippen molar-refractivity contribution in [3.8, 4) is 0 Å². The second-order valence-electron chi connectivity index (χ2n) is 5.15. The van der Waals surface area contributed by atoms with Crippen molar-refractivity contribution in [2.24, 2.45) is 7.05 Å². The van der Waals surface area contributed by atoms with Gasteiger partial charge >= 0.3 is 0 Å². The molecule has 2 rings (SSSR count). The van der Waals surface area contributed by atoms with Crippen LogP contribution in [0.1, 0.15) is 37.0 Å². The summed E-state index contributed by atoms with van der Waals surface area (Å²) in [6, 6.07) is 0. The smallest absolute Gasteiger partial charge is 0.260 e. The molecule has 1 aliphatic heterocycles. The predicted molar refractivity (Wildman–Crippen MR) is 77.1 cm³/mol. The maximum absolute atomic E-state index is 12.4. The maximum atomic E-state index is 12.4. The minimum atomic E-state index is -0.426. The van der Waals surface area contributed by atoms with Crippen molar-refractivity contribution in [1.29, 1.82) is 0 Å². The van der Waals surface area contributed by atoms with Gasteiger partial charge in [0.2, 0.25) is 0 Å². The fourth-order valence-corrected chi connectivity index (χ4v) is 2.49. The van der Waals surface area contributed by atoms with E-state index in [9.17, 15) is 14.4 Å². The molecule has 1 aromatic rings. The molecular weight excluding hydrogens is 272 g/mol. The highest BCUT2D eigenvalue weighted by atomic mass is 16.2. The molecule has 0 unspecified atom stereocenters. The molecule has 1 aliphatic rings. The number of aromatic nitrogens is 2. The summed E-state index contributed by atoms with van der Waals surface area (Å²) in [5.41, 5.74) is 0.587. The number of hydrogen-bond acceptors (Lipinski definition) is 5. The number of nitrogens with zero attached hydrogens (tertiary/aromatic N) is 4. The topological polar surface area (TPSA) is 75.5 Å². The third-order valence-corrected chi connectivity index (χ3v) is 3.67. The zero-order valence-corrected chi connectivity index (χ0v) is 12.6. The number of Topliss-reactive ketones (excluding diaryl/α,β-unsaturated/α-hetero) is 2. The summed E-state index contributed by atoms with van der Waals surface area (Å²) in [6.07, 6.45) is 2.26. The van der Waals surface area contributed by atoms with E-state index in [1.165, 1.54) is 6.92 Å². The van der Waals surface area contributed by atoms with Crippen LogP contribution >= 0.6 is 0 Å². The van der Waals surface area contributed by atoms with Crippen LogP contribution in [0.3, 0.4) is 0 Å². The van der Waals surface area contributed by atoms with Crippen molar-refractivity contribution < 1.29 is 14.4 Å². The molecule has 7 nitrogen and oxygen atoms in total. The molecule has 0 atom stereocenters. The monoisotopic (exact) mass is 292 g/mol. The molecule has 114 valence electrons. The second kappa shape index (κ2) is 6.07. The summed E-state index contributed by atoms with van der Waals surface area (Å²) in [5, 5.41) is 4.14. The fourth-order valence-electron chi connectivity index (χ4n) is 2.49. The Balaban J connectivity index is 2.05. The van der Waals surface area contributed by atoms with Gasteiger partial charge in [-0.15, -0.1) is 0 Å². The van der Waals surface area contributed by atoms with E-state index in [2.05, 4.69) is 10.00 Å². The Hall–Kier alpha value is -2.18. The molecule has 0 N–H and O–H groups in total. The number of carbonyl (C=O) groups excluding carboxylic acids is 3. The number of fused-ring (bicyclic) bond motifs is 1. The van der Waals surface area contributed by atoms with Crippen LogP contribution in [0.2, 0.25) is 0 Å². The molecule has 0 bridgehead atoms. The highest BCUT2D eigenvalue weighted by molar-refractivity contribution is 6.36. The van der Waals surface area contributed by atoms with Gasteiger partial charge in [-0.25, -0.2) is 0 Å². The number of carbonyl (C=O) groups is 3. The lowest BCUT2D eigenvalue weighted by Gasteiger charge is -2.36. The van der Waals surface area contributed by atoms with E-state index in [1.54, 1.807) is 15.8 Å². The number of aryl methyl sites for hydroxylation is 1. The molecule has 21 heavy (non-hydrogen) atoms. The Labute approximate surface area is 123 Å². The van der Waals surface area contributed by atoms with Gasteiger partial charge in [-0.05, 0) is 13.3 Å². The van der Waals surface area contributed by atoms with Crippen LogP contribution in [0.15, 0.2) is 6.20 Å². The molecule has 0 radical (unpaired) electrons. The van der Waals surface area contributed by atoms with Crippen LogP contribution in [0.4, 0.5) is 5.82 Å². The minimum absolute atomic E-state index is 0.0712. The van der Waals surface area contributed by atoms with E-state index in [0.29, 0.717) is 25.2 Å². The van der Waals surface area contributed by atoms with Crippen LogP contribution in [-0.4, -0.2) is 51.9 Å². The number of amides is 1. The largest absolute Gasteiger partial charge is 0.339 e. The van der Waals surface area contributed by atoms with Crippen molar-refractivity contribution in [2.45, 2.75) is 26.7 Å². The molecule has 0 aliphatic carbocycles. The Morgan fingerprint density at radius 2 is 2.05 bits per heavy atom. The van der Waals surface area contributed by atoms with E-state index < -0.39 is 5.78 Å². The number of rotatable bonds is 6. The summed E-state index contributed by atoms with van der Waals surface area (Å²) in [5.74, 6) is -0.0461. The SMILES string of the molecule is CCN1CN(CCCC(=O)C(C)=O)C(=O)c2cnn(C)c21. The Morgan fingerprint density at radius 1 is 1.33 bits per heavy atom. The molecule has 0 saturated heterocycles. The van der Waals surface area contributed by atoms with E-state index in [-0.39, 0.29) is 18.1 Å². The van der Waals surface area contributed by atoms with E-state index in [1.807, 2.05) is 14.0 Å². The molecule has 7 heteroatoms. The average molecular weight is 292 g/mol. The normalized spacial score (nSPS) is 14.3. The molecule has 1 amide bonds. The van der Waals surface area contributed by atoms with Crippen molar-refractivity contribution in [2.75, 3.05) is 24.7 Å². The quantitative estimate of drug-likeness (QED) is 0.718. The van der Waals surface area contributed by atoms with Crippen molar-refractivity contribution in [3.63, 3.8) is 0 Å². The fraction of sp³-hybridized carbons (Fsp3) is 0.571. The van der Waals surface area contributed by atoms with Crippen LogP contribution in [0.25, 0.3) is 0 Å². The highest BCUT2D eigenvalue weighted by Crippen LogP contribution is 2.26. The predicted octanol–water partition coefficient (Wildman–Crippen LogP) is 0.598. The molecule has 0 fully saturated rings. The lowest BCUT2D eigenvalue weighted by atomic mass is 10.1. The van der Waals surface area contributed by atoms with Gasteiger partial charge in [0.1, 0.15) is 11.4 Å². The third kappa shape index (κ3) is 2.96. The molecular formula is C14H20N4O3. The van der Waals surface area contributed by atoms with Gasteiger partial charge < -0.3 is 9.80 Å². The Bertz CT molecular complexity index is 579. The summed E-state index contributed by atoms with van der Waals surface area (Å²) in [6.45, 7) is 5.00. The van der Waals surface area contributed by atoms with Crippen molar-refractivity contribution in [3.05, 3.63) is 11.8 Å². The van der Waals surface area contributed by atoms with Crippen LogP contribution in [0.5, 0.6) is 0 Å². The first-order valence-electron chi connectivity index (χ1n) is 7.05. The first-order chi connectivity index (χ1) is 9.95. The van der Waals surface area contributed by atoms with Gasteiger partial charge in [0, 0.05) is 33.5 Å². The first kappa shape index (κ1) is 15.2. The summed E-state index contributed by atoms with van der Waals surface area (Å²) in [4.78, 5) is 38.4. The number of hydrogen-bond donors (Lipinski definition) is 0. The summed E-state index contributed by atoms with van der Waals surface area (Å²) >= 11 is 0. The highest BCUT2D eigenvalue weighted by Gasteiger charge is 2.31. The van der Waals surface area contributed by atoms with Crippen molar-refractivity contribution >= 4 is 23.3 Å². The number of ketones is 2. The van der Waals surface area contributed by atoms with Crippen molar-refractivity contribution in [1.82, 2.24) is 14.7 Å².